The summed E-state index contributed by atoms with van der Waals surface area (Å²) in [5, 5.41) is 12.6. The molecule has 8 aromatic heterocycles. The highest BCUT2D eigenvalue weighted by molar-refractivity contribution is 6.30. The first kappa shape index (κ1) is 74.7. The third kappa shape index (κ3) is 16.7. The molecule has 0 radical (unpaired) electrons. The Hall–Kier alpha value is -14.6. The van der Waals surface area contributed by atoms with Crippen molar-refractivity contribution in [3.8, 4) is 35.3 Å². The Balaban J connectivity index is 0.000000130. The van der Waals surface area contributed by atoms with Crippen molar-refractivity contribution in [3.05, 3.63) is 226 Å². The van der Waals surface area contributed by atoms with Crippen LogP contribution in [-0.4, -0.2) is 112 Å². The van der Waals surface area contributed by atoms with Crippen molar-refractivity contribution in [3.63, 3.8) is 0 Å². The molecule has 12 N–H and O–H groups in total. The van der Waals surface area contributed by atoms with E-state index in [0.717, 1.165) is 47.6 Å². The van der Waals surface area contributed by atoms with Crippen LogP contribution in [0.2, 0.25) is 5.02 Å². The van der Waals surface area contributed by atoms with Crippen LogP contribution in [0.25, 0.3) is 67.9 Å². The van der Waals surface area contributed by atoms with Crippen LogP contribution in [0.4, 0.5) is 105 Å². The third-order valence-corrected chi connectivity index (χ3v) is 16.3. The lowest BCUT2D eigenvalue weighted by atomic mass is 10.2. The topological polar surface area (TPSA) is 397 Å². The Kier molecular flexibility index (Phi) is 21.2. The molecule has 16 rings (SSSR count). The Labute approximate surface area is 626 Å². The van der Waals surface area contributed by atoms with E-state index in [2.05, 4.69) is 101 Å². The van der Waals surface area contributed by atoms with Gasteiger partial charge in [-0.25, -0.2) is 55.1 Å². The number of nitrogens with one attached hydrogen (secondary N) is 4. The number of imidazole rings is 4. The third-order valence-electron chi connectivity index (χ3n) is 16.1. The smallest absolute Gasteiger partial charge is 0.242 e. The summed E-state index contributed by atoms with van der Waals surface area (Å²) in [6.07, 6.45) is 0.447. The number of fused-ring (bicyclic) bond motifs is 4. The SMILES string of the molecule is CCc1nc2c(F)cc(F)cc2n1-c1nc(N)nc(Nc2ccc(OC)cc2)n1.COc1ccc(Nc2nc(N)nc(-n3c(C)nc4c(F)cc(F)cc43)n2)cc1.Cc1ccc(Nc2nc(N)nc(-n3c(C)nc4c(F)cc(F)cc43)n2)cc1.Cc1nc2c(F)cc(F)cc2n1-c1nc(N)nc(Nc2ccc(Cl)cc2)n1. The fourth-order valence-corrected chi connectivity index (χ4v) is 11.3. The lowest BCUT2D eigenvalue weighted by Crippen LogP contribution is -2.11. The van der Waals surface area contributed by atoms with Crippen LogP contribution in [0.5, 0.6) is 11.5 Å². The zero-order valence-electron chi connectivity index (χ0n) is 59.0. The van der Waals surface area contributed by atoms with Gasteiger partial charge >= 0.3 is 0 Å². The molecule has 16 aromatic rings. The van der Waals surface area contributed by atoms with Crippen LogP contribution in [0.15, 0.2) is 146 Å². The number of hydrogen-bond donors (Lipinski definition) is 8. The average Bonchev–Trinajstić information content (AvgIpc) is 1.64. The number of anilines is 12. The van der Waals surface area contributed by atoms with E-state index >= 15 is 0 Å². The van der Waals surface area contributed by atoms with Gasteiger partial charge in [-0.05, 0) is 113 Å². The number of rotatable bonds is 15. The van der Waals surface area contributed by atoms with E-state index in [-0.39, 0.29) is 116 Å². The van der Waals surface area contributed by atoms with E-state index in [1.54, 1.807) is 108 Å². The molecule has 8 heterocycles. The van der Waals surface area contributed by atoms with E-state index in [4.69, 9.17) is 44.0 Å². The molecule has 0 bridgehead atoms. The maximum Gasteiger partial charge on any atom is 0.242 e. The summed E-state index contributed by atoms with van der Waals surface area (Å²) < 4.78 is 127. The minimum absolute atomic E-state index is 0.0140. The molecule has 0 aliphatic rings. The number of aryl methyl sites for hydroxylation is 5. The highest BCUT2D eigenvalue weighted by atomic mass is 35.5. The Bertz CT molecular complexity index is 5990. The van der Waals surface area contributed by atoms with E-state index in [1.807, 2.05) is 38.1 Å². The largest absolute Gasteiger partial charge is 0.497 e. The fraction of sp³-hybridized carbons (Fsp3) is 0.111. The van der Waals surface area contributed by atoms with Gasteiger partial charge < -0.3 is 53.7 Å². The predicted octanol–water partition coefficient (Wildman–Crippen LogP) is 13.7. The minimum atomic E-state index is -0.770. The first-order chi connectivity index (χ1) is 53.2. The summed E-state index contributed by atoms with van der Waals surface area (Å²) in [4.78, 5) is 66.6. The molecule has 0 amide bonds. The van der Waals surface area contributed by atoms with Crippen LogP contribution in [-0.2, 0) is 6.42 Å². The maximum atomic E-state index is 14.2. The number of aromatic nitrogens is 20. The second kappa shape index (κ2) is 31.5. The second-order valence-electron chi connectivity index (χ2n) is 23.8. The van der Waals surface area contributed by atoms with Crippen LogP contribution in [0, 0.1) is 74.2 Å². The zero-order valence-corrected chi connectivity index (χ0v) is 59.8. The van der Waals surface area contributed by atoms with E-state index in [0.29, 0.717) is 63.3 Å². The Morgan fingerprint density at radius 1 is 0.333 bits per heavy atom. The van der Waals surface area contributed by atoms with Crippen molar-refractivity contribution in [2.75, 3.05) is 58.4 Å². The Morgan fingerprint density at radius 3 is 0.883 bits per heavy atom. The monoisotopic (exact) mass is 1530 g/mol. The molecule has 562 valence electrons. The molecule has 0 atom stereocenters. The van der Waals surface area contributed by atoms with Crippen molar-refractivity contribution in [2.24, 2.45) is 0 Å². The number of methoxy groups -OCH3 is 2. The summed E-state index contributed by atoms with van der Waals surface area (Å²) in [5.41, 5.74) is 28.1. The second-order valence-corrected chi connectivity index (χ2v) is 24.3. The number of hydrogen-bond acceptors (Lipinski definition) is 26. The number of benzene rings is 8. The van der Waals surface area contributed by atoms with Crippen molar-refractivity contribution in [1.29, 1.82) is 0 Å². The van der Waals surface area contributed by atoms with Crippen LogP contribution >= 0.6 is 11.6 Å². The summed E-state index contributed by atoms with van der Waals surface area (Å²) in [7, 11) is 3.15. The van der Waals surface area contributed by atoms with Crippen molar-refractivity contribution < 1.29 is 44.6 Å². The first-order valence-corrected chi connectivity index (χ1v) is 33.3. The molecule has 0 saturated heterocycles. The van der Waals surface area contributed by atoms with Crippen LogP contribution in [0.3, 0.4) is 0 Å². The Morgan fingerprint density at radius 2 is 0.595 bits per heavy atom. The van der Waals surface area contributed by atoms with Gasteiger partial charge in [-0.2, -0.15) is 59.8 Å². The van der Waals surface area contributed by atoms with E-state index in [9.17, 15) is 35.1 Å². The zero-order chi connectivity index (χ0) is 78.6. The van der Waals surface area contributed by atoms with Gasteiger partial charge in [0.15, 0.2) is 23.3 Å². The van der Waals surface area contributed by atoms with Gasteiger partial charge in [0.05, 0.1) is 36.3 Å². The lowest BCUT2D eigenvalue weighted by Gasteiger charge is -2.10. The van der Waals surface area contributed by atoms with Gasteiger partial charge in [-0.3, -0.25) is 18.3 Å². The molecule has 0 unspecified atom stereocenters. The van der Waals surface area contributed by atoms with Crippen molar-refractivity contribution in [1.82, 2.24) is 98.0 Å². The standard InChI is InChI=1S/C19H17F2N7O.C18H15F2N7O.C18H15F2N7.C17H12ClF2N7/c1-3-15-24-16-13(21)8-10(20)9-14(16)28(15)19-26-17(22)25-18(27-19)23-11-4-6-12(29-2)7-5-11;1-9-22-15-13(20)7-10(19)8-14(15)27(9)18-25-16(21)24-17(26-18)23-11-3-5-12(28-2)6-4-11;1-9-3-5-12(6-4-9)23-17-24-16(21)25-18(26-17)27-10(2)22-15-13(20)7-11(19)8-14(15)27;1-8-22-14-12(20)6-10(19)7-13(14)27(8)17-25-15(21)24-16(26-17)23-11-4-2-9(18)3-5-11/h4-9H,3H2,1-2H3,(H3,22,23,25,26,27);3-8H,1-2H3,(H3,21,23,24,25,26);3-8H,1-2H3,(H3,21,23,24,25,26);2-7H,1H3,(H3,21,23,24,25,26). The number of ether oxygens (including phenoxy) is 2. The first-order valence-electron chi connectivity index (χ1n) is 32.9. The van der Waals surface area contributed by atoms with Gasteiger partial charge in [0, 0.05) is 82.7 Å². The minimum Gasteiger partial charge on any atom is -0.497 e. The molecular weight excluding hydrogens is 1480 g/mol. The van der Waals surface area contributed by atoms with Gasteiger partial charge in [0.1, 0.15) is 80.1 Å². The number of nitrogens with zero attached hydrogens (tertiary/aromatic N) is 20. The summed E-state index contributed by atoms with van der Waals surface area (Å²) in [5.74, 6) is -2.04. The highest BCUT2D eigenvalue weighted by Gasteiger charge is 2.24. The van der Waals surface area contributed by atoms with Gasteiger partial charge in [0.2, 0.25) is 71.4 Å². The molecule has 0 fully saturated rings. The van der Waals surface area contributed by atoms with Gasteiger partial charge in [0.25, 0.3) is 0 Å². The normalized spacial score (nSPS) is 11.1. The van der Waals surface area contributed by atoms with Gasteiger partial charge in [-0.1, -0.05) is 36.2 Å². The quantitative estimate of drug-likeness (QED) is 0.0442. The lowest BCUT2D eigenvalue weighted by molar-refractivity contribution is 0.415. The van der Waals surface area contributed by atoms with Crippen LogP contribution in [0.1, 0.15) is 35.8 Å². The average molecular weight is 1540 g/mol. The molecule has 111 heavy (non-hydrogen) atoms. The van der Waals surface area contributed by atoms with Gasteiger partial charge in [-0.15, -0.1) is 0 Å². The molecular formula is C72H59ClF8N28O2. The molecule has 30 nitrogen and oxygen atoms in total. The molecule has 0 spiro atoms. The summed E-state index contributed by atoms with van der Waals surface area (Å²) >= 11 is 5.87. The summed E-state index contributed by atoms with van der Waals surface area (Å²) in [6.45, 7) is 8.73. The number of nitrogen functional groups attached to an aromatic ring is 4. The van der Waals surface area contributed by atoms with Crippen molar-refractivity contribution in [2.45, 2.75) is 41.0 Å². The molecule has 39 heteroatoms. The molecule has 0 aliphatic carbocycles. The summed E-state index contributed by atoms with van der Waals surface area (Å²) in [6, 6.07) is 36.5. The fourth-order valence-electron chi connectivity index (χ4n) is 11.2. The van der Waals surface area contributed by atoms with Crippen molar-refractivity contribution >= 4 is 126 Å². The number of nitrogens with two attached hydrogens (primary N) is 4. The number of halogens is 9. The molecule has 0 aliphatic heterocycles. The maximum absolute atomic E-state index is 14.2. The van der Waals surface area contributed by atoms with E-state index in [1.165, 1.54) is 30.4 Å². The van der Waals surface area contributed by atoms with Crippen LogP contribution < -0.4 is 53.7 Å². The molecule has 0 saturated carbocycles. The highest BCUT2D eigenvalue weighted by Crippen LogP contribution is 2.31. The predicted molar refractivity (Wildman–Crippen MR) is 400 cm³/mol. The van der Waals surface area contributed by atoms with E-state index < -0.39 is 46.5 Å². The molecule has 8 aromatic carbocycles.